The van der Waals surface area contributed by atoms with E-state index in [2.05, 4.69) is 25.7 Å². The number of fused-ring (bicyclic) bond motifs is 2. The molecule has 116 valence electrons. The Morgan fingerprint density at radius 1 is 1.45 bits per heavy atom. The average Bonchev–Trinajstić information content (AvgIpc) is 2.99. The molecule has 2 saturated carbocycles. The Bertz CT molecular complexity index is 680. The fourth-order valence-electron chi connectivity index (χ4n) is 4.09. The molecule has 1 aromatic rings. The summed E-state index contributed by atoms with van der Waals surface area (Å²) in [4.78, 5) is 23.2. The van der Waals surface area contributed by atoms with Gasteiger partial charge in [-0.1, -0.05) is 32.1 Å². The minimum Gasteiger partial charge on any atom is -0.325 e. The molecule has 1 aromatic carbocycles. The average molecular weight is 300 g/mol. The number of anilines is 1. The fraction of sp³-hybridized carbons (Fsp3) is 0.471. The molecule has 3 rings (SSSR count). The number of amides is 1. The zero-order valence-corrected chi connectivity index (χ0v) is 12.9. The van der Waals surface area contributed by atoms with E-state index in [1.54, 1.807) is 12.1 Å². The van der Waals surface area contributed by atoms with Gasteiger partial charge in [0, 0.05) is 17.8 Å². The lowest BCUT2D eigenvalue weighted by Gasteiger charge is -2.37. The summed E-state index contributed by atoms with van der Waals surface area (Å²) < 4.78 is 0. The van der Waals surface area contributed by atoms with Crippen LogP contribution in [0, 0.1) is 26.9 Å². The number of non-ortho nitro benzene ring substituents is 1. The molecule has 22 heavy (non-hydrogen) atoms. The molecule has 2 atom stereocenters. The monoisotopic (exact) mass is 300 g/mol. The highest BCUT2D eigenvalue weighted by atomic mass is 16.6. The quantitative estimate of drug-likeness (QED) is 0.522. The smallest absolute Gasteiger partial charge is 0.271 e. The van der Waals surface area contributed by atoms with Crippen molar-refractivity contribution in [2.24, 2.45) is 16.7 Å². The van der Waals surface area contributed by atoms with Gasteiger partial charge in [0.25, 0.3) is 5.69 Å². The van der Waals surface area contributed by atoms with Gasteiger partial charge in [-0.25, -0.2) is 0 Å². The first-order valence-corrected chi connectivity index (χ1v) is 7.53. The van der Waals surface area contributed by atoms with E-state index in [4.69, 9.17) is 0 Å². The number of hydrogen-bond acceptors (Lipinski definition) is 3. The first kappa shape index (κ1) is 14.8. The highest BCUT2D eigenvalue weighted by molar-refractivity contribution is 5.98. The van der Waals surface area contributed by atoms with E-state index in [-0.39, 0.29) is 17.0 Å². The van der Waals surface area contributed by atoms with E-state index in [9.17, 15) is 14.9 Å². The van der Waals surface area contributed by atoms with Crippen LogP contribution in [-0.4, -0.2) is 10.8 Å². The first-order chi connectivity index (χ1) is 10.3. The normalized spacial score (nSPS) is 28.6. The summed E-state index contributed by atoms with van der Waals surface area (Å²) in [6.07, 6.45) is 2.69. The zero-order valence-electron chi connectivity index (χ0n) is 12.9. The summed E-state index contributed by atoms with van der Waals surface area (Å²) in [6.45, 7) is 8.51. The molecular weight excluding hydrogens is 280 g/mol. The number of carbonyl (C=O) groups is 1. The molecule has 2 aliphatic rings. The van der Waals surface area contributed by atoms with Crippen molar-refractivity contribution in [2.45, 2.75) is 33.1 Å². The Balaban J connectivity index is 1.85. The van der Waals surface area contributed by atoms with Gasteiger partial charge in [0.15, 0.2) is 0 Å². The van der Waals surface area contributed by atoms with Crippen LogP contribution >= 0.6 is 0 Å². The van der Waals surface area contributed by atoms with Gasteiger partial charge in [0.1, 0.15) is 0 Å². The Morgan fingerprint density at radius 3 is 2.77 bits per heavy atom. The summed E-state index contributed by atoms with van der Waals surface area (Å²) in [6, 6.07) is 6.06. The molecule has 0 aliphatic heterocycles. The topological polar surface area (TPSA) is 72.2 Å². The Labute approximate surface area is 129 Å². The van der Waals surface area contributed by atoms with Crippen molar-refractivity contribution in [1.29, 1.82) is 0 Å². The van der Waals surface area contributed by atoms with Crippen molar-refractivity contribution in [3.8, 4) is 0 Å². The number of nitrogens with zero attached hydrogens (tertiary/aromatic N) is 1. The van der Waals surface area contributed by atoms with Crippen LogP contribution in [0.25, 0.3) is 0 Å². The van der Waals surface area contributed by atoms with Crippen LogP contribution in [0.15, 0.2) is 36.4 Å². The lowest BCUT2D eigenvalue weighted by atomic mass is 9.68. The highest BCUT2D eigenvalue weighted by Crippen LogP contribution is 2.65. The summed E-state index contributed by atoms with van der Waals surface area (Å²) in [7, 11) is 0. The first-order valence-electron chi connectivity index (χ1n) is 7.53. The predicted molar refractivity (Wildman–Crippen MR) is 84.4 cm³/mol. The number of carbonyl (C=O) groups excluding carboxylic acids is 1. The molecule has 2 aliphatic carbocycles. The minimum absolute atomic E-state index is 0.0156. The SMILES string of the molecule is C=C1C(C)(C)[C@@H]2CC[C@@]1(C(=O)Nc1cccc([N+](=O)[O-])c1)C2. The molecule has 0 heterocycles. The maximum absolute atomic E-state index is 12.8. The van der Waals surface area contributed by atoms with Crippen molar-refractivity contribution >= 4 is 17.3 Å². The third kappa shape index (κ3) is 1.95. The number of nitrogens with one attached hydrogen (secondary N) is 1. The molecule has 2 fully saturated rings. The zero-order chi connectivity index (χ0) is 16.1. The van der Waals surface area contributed by atoms with Gasteiger partial charge < -0.3 is 5.32 Å². The molecule has 1 N–H and O–H groups in total. The number of benzene rings is 1. The molecular formula is C17H20N2O3. The van der Waals surface area contributed by atoms with E-state index in [0.717, 1.165) is 24.8 Å². The molecule has 0 saturated heterocycles. The van der Waals surface area contributed by atoms with Gasteiger partial charge in [0.05, 0.1) is 10.3 Å². The van der Waals surface area contributed by atoms with E-state index in [1.165, 1.54) is 12.1 Å². The molecule has 0 radical (unpaired) electrons. The molecule has 2 bridgehead atoms. The largest absolute Gasteiger partial charge is 0.325 e. The Morgan fingerprint density at radius 2 is 2.18 bits per heavy atom. The molecule has 0 unspecified atom stereocenters. The van der Waals surface area contributed by atoms with Gasteiger partial charge >= 0.3 is 0 Å². The molecule has 1 amide bonds. The van der Waals surface area contributed by atoms with Gasteiger partial charge in [-0.05, 0) is 36.7 Å². The third-order valence-electron chi connectivity index (χ3n) is 5.64. The van der Waals surface area contributed by atoms with Crippen LogP contribution in [0.2, 0.25) is 0 Å². The second kappa shape index (κ2) is 4.66. The maximum atomic E-state index is 12.8. The van der Waals surface area contributed by atoms with Crippen molar-refractivity contribution in [1.82, 2.24) is 0 Å². The maximum Gasteiger partial charge on any atom is 0.271 e. The van der Waals surface area contributed by atoms with Gasteiger partial charge in [-0.15, -0.1) is 0 Å². The standard InChI is InChI=1S/C17H20N2O3/c1-11-16(2,3)12-7-8-17(11,10-12)15(20)18-13-5-4-6-14(9-13)19(21)22/h4-6,9,12H,1,7-8,10H2,2-3H3,(H,18,20)/t12-,17-/m1/s1. The number of hydrogen-bond donors (Lipinski definition) is 1. The second-order valence-electron chi connectivity index (χ2n) is 6.98. The molecule has 5 nitrogen and oxygen atoms in total. The van der Waals surface area contributed by atoms with Crippen LogP contribution in [0.3, 0.4) is 0 Å². The van der Waals surface area contributed by atoms with Gasteiger partial charge in [-0.2, -0.15) is 0 Å². The molecule has 5 heteroatoms. The lowest BCUT2D eigenvalue weighted by molar-refractivity contribution is -0.384. The summed E-state index contributed by atoms with van der Waals surface area (Å²) in [5.74, 6) is 0.418. The van der Waals surface area contributed by atoms with E-state index in [0.29, 0.717) is 11.6 Å². The van der Waals surface area contributed by atoms with Crippen LogP contribution in [0.5, 0.6) is 0 Å². The fourth-order valence-corrected chi connectivity index (χ4v) is 4.09. The van der Waals surface area contributed by atoms with E-state index < -0.39 is 10.3 Å². The van der Waals surface area contributed by atoms with Crippen molar-refractivity contribution < 1.29 is 9.72 Å². The van der Waals surface area contributed by atoms with Crippen LogP contribution in [0.4, 0.5) is 11.4 Å². The highest BCUT2D eigenvalue weighted by Gasteiger charge is 2.60. The van der Waals surface area contributed by atoms with Crippen molar-refractivity contribution in [2.75, 3.05) is 5.32 Å². The van der Waals surface area contributed by atoms with Crippen LogP contribution < -0.4 is 5.32 Å². The predicted octanol–water partition coefficient (Wildman–Crippen LogP) is 3.92. The van der Waals surface area contributed by atoms with Gasteiger partial charge in [-0.3, -0.25) is 14.9 Å². The summed E-state index contributed by atoms with van der Waals surface area (Å²) >= 11 is 0. The lowest BCUT2D eigenvalue weighted by Crippen LogP contribution is -2.37. The Kier molecular flexibility index (Phi) is 3.13. The summed E-state index contributed by atoms with van der Waals surface area (Å²) in [5.41, 5.74) is 0.913. The second-order valence-corrected chi connectivity index (χ2v) is 6.98. The number of nitro groups is 1. The number of rotatable bonds is 3. The molecule has 0 spiro atoms. The van der Waals surface area contributed by atoms with E-state index in [1.807, 2.05) is 0 Å². The molecule has 0 aromatic heterocycles. The van der Waals surface area contributed by atoms with Crippen molar-refractivity contribution in [3.63, 3.8) is 0 Å². The van der Waals surface area contributed by atoms with E-state index >= 15 is 0 Å². The van der Waals surface area contributed by atoms with Crippen molar-refractivity contribution in [3.05, 3.63) is 46.5 Å². The van der Waals surface area contributed by atoms with Crippen LogP contribution in [0.1, 0.15) is 33.1 Å². The van der Waals surface area contributed by atoms with Gasteiger partial charge in [0.2, 0.25) is 5.91 Å². The summed E-state index contributed by atoms with van der Waals surface area (Å²) in [5, 5.41) is 13.7. The van der Waals surface area contributed by atoms with Crippen LogP contribution in [-0.2, 0) is 4.79 Å². The number of nitro benzene ring substituents is 1. The Hall–Kier alpha value is -2.17. The minimum atomic E-state index is -0.515. The third-order valence-corrected chi connectivity index (χ3v) is 5.64.